The molecule has 130 valence electrons. The smallest absolute Gasteiger partial charge is 0.161 e. The molecule has 0 aliphatic carbocycles. The molecule has 0 unspecified atom stereocenters. The molecule has 1 aromatic carbocycles. The van der Waals surface area contributed by atoms with E-state index in [1.807, 2.05) is 38.1 Å². The number of rotatable bonds is 10. The lowest BCUT2D eigenvalue weighted by atomic mass is 10.1. The fourth-order valence-electron chi connectivity index (χ4n) is 3.08. The third kappa shape index (κ3) is 7.26. The largest absolute Gasteiger partial charge is 0.490 e. The van der Waals surface area contributed by atoms with Crippen molar-refractivity contribution in [1.82, 2.24) is 4.90 Å². The first-order valence-corrected chi connectivity index (χ1v) is 9.36. The van der Waals surface area contributed by atoms with E-state index in [1.165, 1.54) is 58.2 Å². The van der Waals surface area contributed by atoms with E-state index in [0.717, 1.165) is 24.5 Å². The summed E-state index contributed by atoms with van der Waals surface area (Å²) in [6, 6.07) is 7.97. The van der Waals surface area contributed by atoms with Gasteiger partial charge in [-0.15, -0.1) is 0 Å². The normalized spacial score (nSPS) is 15.8. The summed E-state index contributed by atoms with van der Waals surface area (Å²) in [4.78, 5) is 2.62. The van der Waals surface area contributed by atoms with Gasteiger partial charge >= 0.3 is 0 Å². The monoisotopic (exact) mass is 319 g/mol. The van der Waals surface area contributed by atoms with Crippen LogP contribution in [-0.2, 0) is 0 Å². The second-order valence-corrected chi connectivity index (χ2v) is 6.78. The van der Waals surface area contributed by atoms with Crippen LogP contribution >= 0.6 is 0 Å². The summed E-state index contributed by atoms with van der Waals surface area (Å²) in [6.45, 7) is 8.78. The quantitative estimate of drug-likeness (QED) is 0.573. The van der Waals surface area contributed by atoms with E-state index in [4.69, 9.17) is 9.47 Å². The van der Waals surface area contributed by atoms with Crippen molar-refractivity contribution >= 4 is 0 Å². The molecule has 0 saturated carbocycles. The van der Waals surface area contributed by atoms with E-state index in [1.54, 1.807) is 0 Å². The van der Waals surface area contributed by atoms with Gasteiger partial charge in [0, 0.05) is 0 Å². The molecule has 1 fully saturated rings. The van der Waals surface area contributed by atoms with Gasteiger partial charge in [-0.2, -0.15) is 0 Å². The summed E-state index contributed by atoms with van der Waals surface area (Å²) in [6.07, 6.45) is 9.40. The summed E-state index contributed by atoms with van der Waals surface area (Å²) in [5.74, 6) is 1.72. The van der Waals surface area contributed by atoms with Crippen LogP contribution in [0.5, 0.6) is 11.5 Å². The van der Waals surface area contributed by atoms with Crippen molar-refractivity contribution in [1.29, 1.82) is 0 Å². The van der Waals surface area contributed by atoms with Gasteiger partial charge in [0.15, 0.2) is 11.5 Å². The lowest BCUT2D eigenvalue weighted by Crippen LogP contribution is -2.30. The Balaban J connectivity index is 1.55. The van der Waals surface area contributed by atoms with Crippen LogP contribution in [0.2, 0.25) is 0 Å². The average molecular weight is 319 g/mol. The molecule has 1 aromatic rings. The van der Waals surface area contributed by atoms with Crippen molar-refractivity contribution in [2.75, 3.05) is 26.2 Å². The number of hydrogen-bond acceptors (Lipinski definition) is 3. The number of unbranched alkanes of at least 4 members (excludes halogenated alkanes) is 3. The molecule has 0 aromatic heterocycles. The molecule has 3 heteroatoms. The zero-order chi connectivity index (χ0) is 16.3. The number of nitrogens with zero attached hydrogens (tertiary/aromatic N) is 1. The molecular weight excluding hydrogens is 286 g/mol. The highest BCUT2D eigenvalue weighted by Crippen LogP contribution is 2.27. The van der Waals surface area contributed by atoms with Crippen LogP contribution < -0.4 is 9.47 Å². The minimum absolute atomic E-state index is 0.175. The SMILES string of the molecule is CC(C)Oc1ccccc1OCCCCCCN1CCCCC1. The minimum atomic E-state index is 0.175. The molecule has 0 spiro atoms. The van der Waals surface area contributed by atoms with Crippen molar-refractivity contribution in [3.63, 3.8) is 0 Å². The lowest BCUT2D eigenvalue weighted by Gasteiger charge is -2.26. The van der Waals surface area contributed by atoms with Crippen LogP contribution in [0.4, 0.5) is 0 Å². The van der Waals surface area contributed by atoms with Crippen molar-refractivity contribution in [3.8, 4) is 11.5 Å². The fraction of sp³-hybridized carbons (Fsp3) is 0.700. The summed E-state index contributed by atoms with van der Waals surface area (Å²) >= 11 is 0. The molecule has 0 N–H and O–H groups in total. The Bertz CT molecular complexity index is 427. The molecule has 0 amide bonds. The Morgan fingerprint density at radius 2 is 1.61 bits per heavy atom. The van der Waals surface area contributed by atoms with Gasteiger partial charge in [-0.1, -0.05) is 31.4 Å². The second-order valence-electron chi connectivity index (χ2n) is 6.78. The number of para-hydroxylation sites is 2. The lowest BCUT2D eigenvalue weighted by molar-refractivity contribution is 0.216. The summed E-state index contributed by atoms with van der Waals surface area (Å²) in [5.41, 5.74) is 0. The molecule has 1 heterocycles. The molecule has 0 radical (unpaired) electrons. The van der Waals surface area contributed by atoms with Gasteiger partial charge in [-0.25, -0.2) is 0 Å². The van der Waals surface area contributed by atoms with Crippen LogP contribution in [-0.4, -0.2) is 37.2 Å². The molecule has 1 aliphatic rings. The maximum Gasteiger partial charge on any atom is 0.161 e. The Morgan fingerprint density at radius 1 is 0.913 bits per heavy atom. The maximum atomic E-state index is 5.90. The van der Waals surface area contributed by atoms with E-state index in [-0.39, 0.29) is 6.10 Å². The van der Waals surface area contributed by atoms with Gasteiger partial charge in [0.25, 0.3) is 0 Å². The molecule has 0 atom stereocenters. The summed E-state index contributed by atoms with van der Waals surface area (Å²) in [5, 5.41) is 0. The van der Waals surface area contributed by atoms with Crippen LogP contribution in [0.3, 0.4) is 0 Å². The van der Waals surface area contributed by atoms with Gasteiger partial charge in [0.1, 0.15) is 0 Å². The highest BCUT2D eigenvalue weighted by Gasteiger charge is 2.09. The average Bonchev–Trinajstić information content (AvgIpc) is 2.56. The zero-order valence-electron chi connectivity index (χ0n) is 14.9. The number of benzene rings is 1. The Labute approximate surface area is 142 Å². The van der Waals surface area contributed by atoms with Gasteiger partial charge in [-0.05, 0) is 71.3 Å². The predicted octanol–water partition coefficient (Wildman–Crippen LogP) is 4.90. The predicted molar refractivity (Wildman–Crippen MR) is 96.5 cm³/mol. The third-order valence-corrected chi connectivity index (χ3v) is 4.29. The van der Waals surface area contributed by atoms with Crippen molar-refractivity contribution in [3.05, 3.63) is 24.3 Å². The first-order chi connectivity index (χ1) is 11.3. The van der Waals surface area contributed by atoms with E-state index >= 15 is 0 Å². The van der Waals surface area contributed by atoms with Gasteiger partial charge in [0.2, 0.25) is 0 Å². The van der Waals surface area contributed by atoms with Crippen LogP contribution in [0.25, 0.3) is 0 Å². The zero-order valence-corrected chi connectivity index (χ0v) is 14.9. The molecule has 1 aliphatic heterocycles. The molecule has 2 rings (SSSR count). The number of likely N-dealkylation sites (tertiary alicyclic amines) is 1. The highest BCUT2D eigenvalue weighted by atomic mass is 16.5. The molecule has 23 heavy (non-hydrogen) atoms. The van der Waals surface area contributed by atoms with Crippen molar-refractivity contribution in [2.24, 2.45) is 0 Å². The van der Waals surface area contributed by atoms with Gasteiger partial charge in [0.05, 0.1) is 12.7 Å². The van der Waals surface area contributed by atoms with Crippen molar-refractivity contribution < 1.29 is 9.47 Å². The molecular formula is C20H33NO2. The Kier molecular flexibility index (Phi) is 8.30. The number of ether oxygens (including phenoxy) is 2. The van der Waals surface area contributed by atoms with Crippen LogP contribution in [0.1, 0.15) is 58.8 Å². The standard InChI is InChI=1S/C20H33NO2/c1-18(2)23-20-13-7-6-12-19(20)22-17-11-4-3-8-14-21-15-9-5-10-16-21/h6-7,12-13,18H,3-5,8-11,14-17H2,1-2H3. The fourth-order valence-corrected chi connectivity index (χ4v) is 3.08. The van der Waals surface area contributed by atoms with Gasteiger partial charge < -0.3 is 14.4 Å². The van der Waals surface area contributed by atoms with Crippen molar-refractivity contribution in [2.45, 2.75) is 64.9 Å². The highest BCUT2D eigenvalue weighted by molar-refractivity contribution is 5.39. The molecule has 0 bridgehead atoms. The van der Waals surface area contributed by atoms with Crippen LogP contribution in [0.15, 0.2) is 24.3 Å². The maximum absolute atomic E-state index is 5.90. The Morgan fingerprint density at radius 3 is 2.35 bits per heavy atom. The summed E-state index contributed by atoms with van der Waals surface area (Å²) in [7, 11) is 0. The number of piperidine rings is 1. The van der Waals surface area contributed by atoms with E-state index in [0.29, 0.717) is 0 Å². The first-order valence-electron chi connectivity index (χ1n) is 9.36. The number of hydrogen-bond donors (Lipinski definition) is 0. The molecule has 1 saturated heterocycles. The summed E-state index contributed by atoms with van der Waals surface area (Å²) < 4.78 is 11.7. The van der Waals surface area contributed by atoms with Crippen LogP contribution in [0, 0.1) is 0 Å². The topological polar surface area (TPSA) is 21.7 Å². The van der Waals surface area contributed by atoms with E-state index in [9.17, 15) is 0 Å². The Hall–Kier alpha value is -1.22. The first kappa shape index (κ1) is 18.1. The second kappa shape index (κ2) is 10.5. The third-order valence-electron chi connectivity index (χ3n) is 4.29. The molecule has 3 nitrogen and oxygen atoms in total. The van der Waals surface area contributed by atoms with E-state index in [2.05, 4.69) is 4.90 Å². The minimum Gasteiger partial charge on any atom is -0.490 e. The van der Waals surface area contributed by atoms with E-state index < -0.39 is 0 Å². The van der Waals surface area contributed by atoms with Gasteiger partial charge in [-0.3, -0.25) is 0 Å².